The number of nitrogen functional groups attached to an aromatic ring is 1. The summed E-state index contributed by atoms with van der Waals surface area (Å²) in [7, 11) is 2.83. The van der Waals surface area contributed by atoms with Gasteiger partial charge in [-0.05, 0) is 212 Å². The van der Waals surface area contributed by atoms with E-state index in [1.54, 1.807) is 69.2 Å². The Bertz CT molecular complexity index is 3820. The average Bonchev–Trinajstić information content (AvgIpc) is 1.72. The first-order valence-corrected chi connectivity index (χ1v) is 46.4. The SMILES string of the molecule is C/C=S(\CCNC(=O)CCOCCOCCOCCOCCOCCOCCOCCOCCNC(=S)OC1CCC(C[C@@H](C)C(CCC(C)/C=C(\C)C(O)[C@@H](O)C(=O)C(C)C[C@H](C)/C=C/C=C/C=C(\C)[C@H](CC2CCCC(C(=O)C(=O)N3CCCCC3)O2)OC)OC)CC1)c1ccc(C(=O)N2CCOc3ccc(-c4ccc(N)nc4)cc3C2)c(C)c1F. The number of benzene rings is 2. The molecule has 4 aliphatic rings. The topological polar surface area (TPSA) is 315 Å². The second-order valence-electron chi connectivity index (χ2n) is 32.7. The number of aliphatic hydroxyl groups is 2. The molecule has 0 bridgehead atoms. The van der Waals surface area contributed by atoms with E-state index in [-0.39, 0.29) is 72.4 Å². The molecule has 11 atom stereocenters. The third-order valence-electron chi connectivity index (χ3n) is 23.1. The molecular weight excluding hydrogens is 1620 g/mol. The van der Waals surface area contributed by atoms with Crippen molar-refractivity contribution >= 4 is 68.3 Å². The predicted molar refractivity (Wildman–Crippen MR) is 482 cm³/mol. The molecule has 3 aromatic rings. The average molecular weight is 1760 g/mol. The molecule has 6 N–H and O–H groups in total. The van der Waals surface area contributed by atoms with E-state index in [0.717, 1.165) is 99.3 Å². The summed E-state index contributed by atoms with van der Waals surface area (Å²) in [4.78, 5) is 74.0. The molecule has 1 aromatic heterocycles. The standard InChI is InChI=1S/C94H143FN6O20S2/c1-11-123(84-33-30-79(72(8)87(84)95)92(107)101-40-43-119-81-32-26-74(62-76(81)65-101)75-27-34-85(96)99-64-75)58-37-97-86(102)35-41-111-44-46-113-48-50-115-52-54-117-56-57-118-55-53-116-51-49-114-47-45-112-42-36-98-94(122)121-77-28-24-73(25-29-77)61-69(5)80(109-9)31-23-67(3)60-71(7)89(104)91(106)88(103)70(6)59-66(2)19-14-12-15-20-68(4)83(110-10)63-78-21-18-22-82(120-78)90(105)93(108)100-38-16-13-17-39-100/h11-12,14-15,19-20,26-27,30,32-34,60,62,64,66-67,69-70,73,77-78,80,82-83,89,91,104,106H,13,16-18,21-25,28-29,31,35-59,61,63,65H2,1-10H3,(H2,96,99)(H,97,102)(H,98,122)/b15-12+,19-14+,68-20+,71-60+/t66-,67?,69-,70?,73?,77?,78?,80?,82?,83+,89?,91+,123?/m1/s1. The van der Waals surface area contributed by atoms with E-state index in [0.29, 0.717) is 215 Å². The van der Waals surface area contributed by atoms with Gasteiger partial charge in [-0.15, -0.1) is 0 Å². The van der Waals surface area contributed by atoms with E-state index in [1.807, 2.05) is 86.9 Å². The minimum Gasteiger partial charge on any atom is -0.491 e. The summed E-state index contributed by atoms with van der Waals surface area (Å²) >= 11 is 5.52. The van der Waals surface area contributed by atoms with Crippen LogP contribution in [0.5, 0.6) is 5.75 Å². The van der Waals surface area contributed by atoms with Crippen LogP contribution in [0.3, 0.4) is 0 Å². The van der Waals surface area contributed by atoms with Crippen molar-refractivity contribution < 1.29 is 100 Å². The number of anilines is 1. The van der Waals surface area contributed by atoms with Crippen LogP contribution in [0.2, 0.25) is 0 Å². The fourth-order valence-corrected chi connectivity index (χ4v) is 17.8. The van der Waals surface area contributed by atoms with E-state index in [1.165, 1.54) is 0 Å². The number of pyridine rings is 1. The number of allylic oxidation sites excluding steroid dienone is 6. The number of amides is 3. The maximum absolute atomic E-state index is 16.1. The van der Waals surface area contributed by atoms with Crippen LogP contribution < -0.4 is 21.1 Å². The molecule has 26 nitrogen and oxygen atoms in total. The zero-order valence-electron chi connectivity index (χ0n) is 74.7. The van der Waals surface area contributed by atoms with Gasteiger partial charge in [0.25, 0.3) is 17.0 Å². The number of nitrogens with one attached hydrogen (secondary N) is 2. The molecule has 688 valence electrons. The number of aliphatic hydroxyl groups excluding tert-OH is 2. The lowest BCUT2D eigenvalue weighted by molar-refractivity contribution is -0.157. The second kappa shape index (κ2) is 58.6. The number of nitrogens with zero attached hydrogens (tertiary/aromatic N) is 3. The van der Waals surface area contributed by atoms with Crippen molar-refractivity contribution in [2.24, 2.45) is 29.6 Å². The Hall–Kier alpha value is -6.78. The second-order valence-corrected chi connectivity index (χ2v) is 35.2. The van der Waals surface area contributed by atoms with Crippen LogP contribution in [0, 0.1) is 42.3 Å². The van der Waals surface area contributed by atoms with Crippen molar-refractivity contribution in [3.8, 4) is 16.9 Å². The molecule has 3 fully saturated rings. The molecular formula is C94H143FN6O20S2. The predicted octanol–water partition coefficient (Wildman–Crippen LogP) is 12.7. The number of aromatic nitrogens is 1. The van der Waals surface area contributed by atoms with E-state index in [4.69, 9.17) is 79.5 Å². The summed E-state index contributed by atoms with van der Waals surface area (Å²) < 4.78 is 91.2. The quantitative estimate of drug-likeness (QED) is 0.0115. The fourth-order valence-electron chi connectivity index (χ4n) is 15.9. The van der Waals surface area contributed by atoms with Crippen molar-refractivity contribution in [1.29, 1.82) is 0 Å². The highest BCUT2D eigenvalue weighted by Gasteiger charge is 2.37. The molecule has 3 aliphatic heterocycles. The minimum absolute atomic E-state index is 0.0390. The van der Waals surface area contributed by atoms with Crippen molar-refractivity contribution in [2.75, 3.05) is 171 Å². The first kappa shape index (κ1) is 103. The summed E-state index contributed by atoms with van der Waals surface area (Å²) in [6.45, 7) is 25.1. The van der Waals surface area contributed by atoms with Gasteiger partial charge in [-0.3, -0.25) is 24.0 Å². The van der Waals surface area contributed by atoms with Crippen LogP contribution >= 0.6 is 22.7 Å². The van der Waals surface area contributed by atoms with Crippen LogP contribution in [0.1, 0.15) is 173 Å². The molecule has 4 heterocycles. The summed E-state index contributed by atoms with van der Waals surface area (Å²) in [5.41, 5.74) is 10.6. The Morgan fingerprint density at radius 3 is 1.93 bits per heavy atom. The zero-order chi connectivity index (χ0) is 88.7. The molecule has 1 aliphatic carbocycles. The number of carbonyl (C=O) groups is 5. The molecule has 2 aromatic carbocycles. The van der Waals surface area contributed by atoms with Crippen molar-refractivity contribution in [2.45, 2.75) is 212 Å². The molecule has 2 saturated heterocycles. The summed E-state index contributed by atoms with van der Waals surface area (Å²) in [5, 5.41) is 30.7. The Morgan fingerprint density at radius 2 is 1.32 bits per heavy atom. The molecule has 3 amide bonds. The van der Waals surface area contributed by atoms with Gasteiger partial charge in [-0.1, -0.05) is 75.6 Å². The number of nitrogens with two attached hydrogens (primary N) is 1. The van der Waals surface area contributed by atoms with Crippen LogP contribution in [0.15, 0.2) is 101 Å². The minimum atomic E-state index is -1.52. The summed E-state index contributed by atoms with van der Waals surface area (Å²) in [6, 6.07) is 12.8. The number of carbonyl (C=O) groups excluding carboxylic acids is 5. The number of ether oxygens (including phenoxy) is 13. The number of rotatable bonds is 57. The number of likely N-dealkylation sites (tertiary alicyclic amines) is 1. The van der Waals surface area contributed by atoms with Gasteiger partial charge in [-0.2, -0.15) is 10.5 Å². The molecule has 0 spiro atoms. The smallest absolute Gasteiger partial charge is 0.292 e. The number of ketones is 2. The van der Waals surface area contributed by atoms with Gasteiger partial charge < -0.3 is 98.0 Å². The zero-order valence-corrected chi connectivity index (χ0v) is 76.4. The normalized spacial score (nSPS) is 19.6. The van der Waals surface area contributed by atoms with Crippen LogP contribution in [-0.2, 0) is 82.6 Å². The van der Waals surface area contributed by atoms with Gasteiger partial charge in [0, 0.05) is 99.2 Å². The van der Waals surface area contributed by atoms with E-state index in [9.17, 15) is 34.2 Å². The Morgan fingerprint density at radius 1 is 0.683 bits per heavy atom. The molecule has 1 saturated carbocycles. The van der Waals surface area contributed by atoms with Crippen LogP contribution in [-0.4, -0.2) is 273 Å². The van der Waals surface area contributed by atoms with Crippen molar-refractivity contribution in [1.82, 2.24) is 25.4 Å². The van der Waals surface area contributed by atoms with Gasteiger partial charge in [-0.25, -0.2) is 9.37 Å². The number of methoxy groups -OCH3 is 2. The summed E-state index contributed by atoms with van der Waals surface area (Å²) in [5.74, 6) is 0.131. The molecule has 7 unspecified atom stereocenters. The number of thiocarbonyl (C=S) groups is 1. The lowest BCUT2D eigenvalue weighted by atomic mass is 9.79. The number of hydrogen-bond acceptors (Lipinski definition) is 23. The van der Waals surface area contributed by atoms with Gasteiger partial charge >= 0.3 is 0 Å². The summed E-state index contributed by atoms with van der Waals surface area (Å²) in [6.07, 6.45) is 22.8. The third kappa shape index (κ3) is 37.6. The van der Waals surface area contributed by atoms with Gasteiger partial charge in [0.2, 0.25) is 11.7 Å². The fraction of sp³-hybridized carbons (Fsp3) is 0.660. The Balaban J connectivity index is 0.600. The lowest BCUT2D eigenvalue weighted by Crippen LogP contribution is -2.46. The monoisotopic (exact) mass is 1760 g/mol. The highest BCUT2D eigenvalue weighted by atomic mass is 32.2. The molecule has 29 heteroatoms. The number of halogens is 1. The Labute approximate surface area is 738 Å². The Kier molecular flexibility index (Phi) is 49.2. The first-order chi connectivity index (χ1) is 59.5. The van der Waals surface area contributed by atoms with E-state index >= 15 is 4.39 Å². The first-order valence-electron chi connectivity index (χ1n) is 44.5. The highest BCUT2D eigenvalue weighted by Crippen LogP contribution is 2.37. The number of fused-ring (bicyclic) bond motifs is 1. The molecule has 7 rings (SSSR count). The van der Waals surface area contributed by atoms with Gasteiger partial charge in [0.15, 0.2) is 5.78 Å². The number of Topliss-reactive ketones (excluding diaryl/α,β-unsaturated/α-hetero) is 2. The van der Waals surface area contributed by atoms with E-state index in [2.05, 4.69) is 29.5 Å². The lowest BCUT2D eigenvalue weighted by Gasteiger charge is -2.33. The largest absolute Gasteiger partial charge is 0.491 e. The molecule has 123 heavy (non-hydrogen) atoms. The van der Waals surface area contributed by atoms with Crippen molar-refractivity contribution in [3.63, 3.8) is 0 Å². The van der Waals surface area contributed by atoms with E-state index < -0.39 is 52.2 Å². The van der Waals surface area contributed by atoms with Gasteiger partial charge in [0.05, 0.1) is 131 Å². The van der Waals surface area contributed by atoms with Crippen molar-refractivity contribution in [3.05, 3.63) is 119 Å². The highest BCUT2D eigenvalue weighted by molar-refractivity contribution is 8.15. The maximum Gasteiger partial charge on any atom is 0.292 e. The molecule has 0 radical (unpaired) electrons. The van der Waals surface area contributed by atoms with Crippen LogP contribution in [0.25, 0.3) is 11.1 Å². The van der Waals surface area contributed by atoms with Gasteiger partial charge in [0.1, 0.15) is 48.4 Å². The maximum atomic E-state index is 16.1. The number of hydrogen-bond donors (Lipinski definition) is 5. The third-order valence-corrected chi connectivity index (χ3v) is 25.4. The number of piperidine rings is 1. The van der Waals surface area contributed by atoms with Crippen LogP contribution in [0.4, 0.5) is 10.2 Å².